The van der Waals surface area contributed by atoms with Crippen LogP contribution >= 0.6 is 31.9 Å². The highest BCUT2D eigenvalue weighted by molar-refractivity contribution is 9.10. The summed E-state index contributed by atoms with van der Waals surface area (Å²) < 4.78 is 2.12. The number of nitrogens with one attached hydrogen (secondary N) is 1. The van der Waals surface area contributed by atoms with Crippen molar-refractivity contribution in [3.8, 4) is 0 Å². The van der Waals surface area contributed by atoms with Gasteiger partial charge in [-0.1, -0.05) is 21.5 Å². The molecule has 0 saturated carbocycles. The number of halogens is 2. The van der Waals surface area contributed by atoms with E-state index in [1.54, 1.807) is 0 Å². The number of fused-ring (bicyclic) bond motifs is 2. The third kappa shape index (κ3) is 2.93. The molecule has 0 amide bonds. The van der Waals surface area contributed by atoms with Gasteiger partial charge in [-0.25, -0.2) is 0 Å². The van der Waals surface area contributed by atoms with Crippen LogP contribution in [0.1, 0.15) is 35.2 Å². The Hall–Kier alpha value is -1.17. The molecule has 0 bridgehead atoms. The Kier molecular flexibility index (Phi) is 4.50. The maximum absolute atomic E-state index is 6.11. The number of benzene rings is 1. The highest BCUT2D eigenvalue weighted by atomic mass is 79.9. The number of nitrogens with two attached hydrogens (primary N) is 1. The van der Waals surface area contributed by atoms with Crippen molar-refractivity contribution in [2.45, 2.75) is 25.7 Å². The van der Waals surface area contributed by atoms with E-state index in [2.05, 4.69) is 49.3 Å². The molecule has 1 fully saturated rings. The van der Waals surface area contributed by atoms with Gasteiger partial charge in [0.15, 0.2) is 0 Å². The van der Waals surface area contributed by atoms with Crippen molar-refractivity contribution in [3.63, 3.8) is 0 Å². The normalized spacial score (nSPS) is 17.2. The average molecular weight is 449 g/mol. The summed E-state index contributed by atoms with van der Waals surface area (Å²) in [5.74, 6) is 0. The van der Waals surface area contributed by atoms with Gasteiger partial charge < -0.3 is 11.1 Å². The van der Waals surface area contributed by atoms with Crippen molar-refractivity contribution in [1.29, 1.82) is 0 Å². The minimum Gasteiger partial charge on any atom is -0.399 e. The van der Waals surface area contributed by atoms with Gasteiger partial charge in [-0.3, -0.25) is 4.98 Å². The number of nitrogen functional groups attached to an aromatic ring is 1. The van der Waals surface area contributed by atoms with Crippen LogP contribution in [-0.2, 0) is 12.8 Å². The summed E-state index contributed by atoms with van der Waals surface area (Å²) in [4.78, 5) is 4.82. The van der Waals surface area contributed by atoms with Gasteiger partial charge in [0.1, 0.15) is 0 Å². The van der Waals surface area contributed by atoms with Crippen LogP contribution in [0.5, 0.6) is 0 Å². The first-order chi connectivity index (χ1) is 11.6. The summed E-state index contributed by atoms with van der Waals surface area (Å²) in [7, 11) is 0. The van der Waals surface area contributed by atoms with Crippen molar-refractivity contribution in [2.24, 2.45) is 0 Å². The Morgan fingerprint density at radius 3 is 2.50 bits per heavy atom. The second-order valence-corrected chi connectivity index (χ2v) is 8.20. The molecule has 0 unspecified atom stereocenters. The van der Waals surface area contributed by atoms with E-state index in [0.29, 0.717) is 0 Å². The minimum absolute atomic E-state index is 0.815. The van der Waals surface area contributed by atoms with Crippen molar-refractivity contribution < 1.29 is 0 Å². The van der Waals surface area contributed by atoms with E-state index in [4.69, 9.17) is 10.7 Å². The average Bonchev–Trinajstić information content (AvgIpc) is 2.72. The number of hydrogen-bond donors (Lipinski definition) is 2. The standard InChI is InChI=1S/C19H19Br2N3/c20-14-7-13-2-1-12-8-15(22)9-16(21)17(12)18(19(13)24-10-14)11-3-5-23-6-4-11/h7-10,23H,1-6,22H2. The molecule has 5 heteroatoms. The Bertz CT molecular complexity index is 835. The van der Waals surface area contributed by atoms with E-state index < -0.39 is 0 Å². The molecule has 1 aliphatic carbocycles. The van der Waals surface area contributed by atoms with E-state index in [0.717, 1.165) is 59.1 Å². The molecule has 1 aromatic carbocycles. The third-order valence-corrected chi connectivity index (χ3v) is 5.90. The van der Waals surface area contributed by atoms with Crippen molar-refractivity contribution >= 4 is 43.1 Å². The predicted molar refractivity (Wildman–Crippen MR) is 106 cm³/mol. The largest absolute Gasteiger partial charge is 0.399 e. The Labute approximate surface area is 159 Å². The second-order valence-electron chi connectivity index (χ2n) is 6.43. The van der Waals surface area contributed by atoms with E-state index in [1.807, 2.05) is 12.3 Å². The summed E-state index contributed by atoms with van der Waals surface area (Å²) >= 11 is 7.35. The van der Waals surface area contributed by atoms with E-state index >= 15 is 0 Å². The Morgan fingerprint density at radius 1 is 0.958 bits per heavy atom. The zero-order chi connectivity index (χ0) is 16.7. The van der Waals surface area contributed by atoms with Gasteiger partial charge in [0.05, 0.1) is 5.69 Å². The van der Waals surface area contributed by atoms with Gasteiger partial charge in [0, 0.05) is 32.0 Å². The van der Waals surface area contributed by atoms with E-state index in [9.17, 15) is 0 Å². The van der Waals surface area contributed by atoms with Crippen LogP contribution in [0, 0.1) is 0 Å². The number of pyridine rings is 1. The zero-order valence-electron chi connectivity index (χ0n) is 13.3. The van der Waals surface area contributed by atoms with Crippen LogP contribution in [0.3, 0.4) is 0 Å². The molecule has 1 saturated heterocycles. The lowest BCUT2D eigenvalue weighted by Gasteiger charge is -2.22. The van der Waals surface area contributed by atoms with Crippen LogP contribution in [-0.4, -0.2) is 18.1 Å². The molecule has 3 N–H and O–H groups in total. The monoisotopic (exact) mass is 447 g/mol. The van der Waals surface area contributed by atoms with Crippen molar-refractivity contribution in [2.75, 3.05) is 18.8 Å². The highest BCUT2D eigenvalue weighted by Crippen LogP contribution is 2.41. The predicted octanol–water partition coefficient (Wildman–Crippen LogP) is 4.47. The minimum atomic E-state index is 0.815. The summed E-state index contributed by atoms with van der Waals surface area (Å²) in [5.41, 5.74) is 14.8. The van der Waals surface area contributed by atoms with Crippen LogP contribution in [0.4, 0.5) is 5.69 Å². The molecule has 1 aliphatic heterocycles. The smallest absolute Gasteiger partial charge is 0.0740 e. The second kappa shape index (κ2) is 6.62. The molecule has 124 valence electrons. The summed E-state index contributed by atoms with van der Waals surface area (Å²) in [6.45, 7) is 2.07. The number of aromatic nitrogens is 1. The van der Waals surface area contributed by atoms with Gasteiger partial charge in [-0.2, -0.15) is 0 Å². The summed E-state index contributed by atoms with van der Waals surface area (Å²) in [6, 6.07) is 6.36. The van der Waals surface area contributed by atoms with E-state index in [1.165, 1.54) is 27.8 Å². The molecule has 0 radical (unpaired) electrons. The highest BCUT2D eigenvalue weighted by Gasteiger charge is 2.25. The molecular formula is C19H19Br2N3. The van der Waals surface area contributed by atoms with Gasteiger partial charge in [-0.05, 0) is 84.0 Å². The molecule has 1 aromatic heterocycles. The lowest BCUT2D eigenvalue weighted by molar-refractivity contribution is 0.611. The van der Waals surface area contributed by atoms with Gasteiger partial charge in [0.25, 0.3) is 0 Å². The fraction of sp³-hybridized carbons (Fsp3) is 0.316. The van der Waals surface area contributed by atoms with Gasteiger partial charge >= 0.3 is 0 Å². The zero-order valence-corrected chi connectivity index (χ0v) is 16.5. The first kappa shape index (κ1) is 16.3. The lowest BCUT2D eigenvalue weighted by Crippen LogP contribution is -2.24. The maximum Gasteiger partial charge on any atom is 0.0740 e. The van der Waals surface area contributed by atoms with E-state index in [-0.39, 0.29) is 0 Å². The molecule has 2 aromatic rings. The molecule has 2 aliphatic rings. The van der Waals surface area contributed by atoms with Crippen molar-refractivity contribution in [3.05, 3.63) is 61.3 Å². The number of rotatable bonds is 0. The Balaban J connectivity index is 2.02. The van der Waals surface area contributed by atoms with Crippen LogP contribution in [0.25, 0.3) is 5.57 Å². The molecule has 3 nitrogen and oxygen atoms in total. The molecule has 2 heterocycles. The number of aryl methyl sites for hydroxylation is 2. The molecular weight excluding hydrogens is 430 g/mol. The van der Waals surface area contributed by atoms with Crippen LogP contribution in [0.2, 0.25) is 0 Å². The molecule has 24 heavy (non-hydrogen) atoms. The van der Waals surface area contributed by atoms with Crippen LogP contribution in [0.15, 0.2) is 38.9 Å². The first-order valence-electron chi connectivity index (χ1n) is 8.29. The number of nitrogens with zero attached hydrogens (tertiary/aromatic N) is 1. The molecule has 4 rings (SSSR count). The maximum atomic E-state index is 6.11. The SMILES string of the molecule is Nc1cc(Br)c2c(c1)CCc1cc(Br)cnc1C2=C1CCNCC1. The van der Waals surface area contributed by atoms with Crippen LogP contribution < -0.4 is 11.1 Å². The lowest BCUT2D eigenvalue weighted by atomic mass is 9.89. The fourth-order valence-electron chi connectivity index (χ4n) is 3.77. The van der Waals surface area contributed by atoms with Gasteiger partial charge in [0.2, 0.25) is 0 Å². The molecule has 0 atom stereocenters. The molecule has 0 spiro atoms. The Morgan fingerprint density at radius 2 is 1.71 bits per heavy atom. The number of piperidine rings is 1. The topological polar surface area (TPSA) is 50.9 Å². The third-order valence-electron chi connectivity index (χ3n) is 4.84. The number of hydrogen-bond acceptors (Lipinski definition) is 3. The van der Waals surface area contributed by atoms with Crippen molar-refractivity contribution in [1.82, 2.24) is 10.3 Å². The summed E-state index contributed by atoms with van der Waals surface area (Å²) in [6.07, 6.45) is 6.03. The first-order valence-corrected chi connectivity index (χ1v) is 9.88. The summed E-state index contributed by atoms with van der Waals surface area (Å²) in [5, 5.41) is 3.46. The van der Waals surface area contributed by atoms with Gasteiger partial charge in [-0.15, -0.1) is 0 Å². The quantitative estimate of drug-likeness (QED) is 0.584. The fourth-order valence-corrected chi connectivity index (χ4v) is 4.87. The number of anilines is 1.